The normalized spacial score (nSPS) is 12.0. The molecular weight excluding hydrogens is 428 g/mol. The highest BCUT2D eigenvalue weighted by Crippen LogP contribution is 2.22. The Hall–Kier alpha value is -3.18. The van der Waals surface area contributed by atoms with Crippen LogP contribution in [0.3, 0.4) is 0 Å². The number of fused-ring (bicyclic) bond motifs is 1. The number of nitrogens with zero attached hydrogens (tertiary/aromatic N) is 1. The van der Waals surface area contributed by atoms with Crippen LogP contribution in [0.4, 0.5) is 0 Å². The molecule has 1 aromatic heterocycles. The van der Waals surface area contributed by atoms with Gasteiger partial charge in [0.2, 0.25) is 5.91 Å². The zero-order chi connectivity index (χ0) is 22.9. The fourth-order valence-corrected chi connectivity index (χ4v) is 5.23. The molecule has 1 N–H and O–H groups in total. The number of hydrogen-bond acceptors (Lipinski definition) is 2. The predicted molar refractivity (Wildman–Crippen MR) is 136 cm³/mol. The van der Waals surface area contributed by atoms with Gasteiger partial charge in [-0.1, -0.05) is 66.7 Å². The molecule has 1 amide bonds. The van der Waals surface area contributed by atoms with Gasteiger partial charge in [0.25, 0.3) is 0 Å². The number of carbonyl (C=O) groups excluding carboxylic acids is 1. The summed E-state index contributed by atoms with van der Waals surface area (Å²) in [5, 5.41) is 4.29. The molecule has 0 radical (unpaired) electrons. The maximum atomic E-state index is 12.3. The molecule has 1 unspecified atom stereocenters. The van der Waals surface area contributed by atoms with E-state index in [2.05, 4.69) is 64.6 Å². The van der Waals surface area contributed by atoms with Crippen molar-refractivity contribution >= 4 is 27.6 Å². The molecule has 1 atom stereocenters. The number of hydrogen-bond donors (Lipinski definition) is 1. The summed E-state index contributed by atoms with van der Waals surface area (Å²) in [7, 11) is -0.989. The van der Waals surface area contributed by atoms with E-state index in [0.717, 1.165) is 30.7 Å². The number of amides is 1. The summed E-state index contributed by atoms with van der Waals surface area (Å²) < 4.78 is 14.5. The van der Waals surface area contributed by atoms with Gasteiger partial charge in [-0.05, 0) is 48.6 Å². The van der Waals surface area contributed by atoms with Gasteiger partial charge in [-0.15, -0.1) is 0 Å². The van der Waals surface area contributed by atoms with Gasteiger partial charge in [0.15, 0.2) is 0 Å². The summed E-state index contributed by atoms with van der Waals surface area (Å²) in [6.45, 7) is 1.45. The van der Waals surface area contributed by atoms with Gasteiger partial charge in [-0.25, -0.2) is 0 Å². The first-order valence-electron chi connectivity index (χ1n) is 11.5. The predicted octanol–water partition coefficient (Wildman–Crippen LogP) is 5.33. The molecule has 0 bridgehead atoms. The van der Waals surface area contributed by atoms with Crippen LogP contribution < -0.4 is 5.32 Å². The third-order valence-corrected chi connectivity index (χ3v) is 7.23. The summed E-state index contributed by atoms with van der Waals surface area (Å²) >= 11 is 0. The van der Waals surface area contributed by atoms with Crippen molar-refractivity contribution in [1.82, 2.24) is 9.88 Å². The van der Waals surface area contributed by atoms with E-state index in [4.69, 9.17) is 0 Å². The fraction of sp³-hybridized carbons (Fsp3) is 0.250. The van der Waals surface area contributed by atoms with Gasteiger partial charge in [-0.2, -0.15) is 0 Å². The molecule has 0 aliphatic carbocycles. The molecule has 5 heteroatoms. The van der Waals surface area contributed by atoms with E-state index in [-0.39, 0.29) is 5.91 Å². The Kier molecular flexibility index (Phi) is 8.09. The number of rotatable bonds is 11. The number of benzene rings is 3. The van der Waals surface area contributed by atoms with Crippen LogP contribution in [0.1, 0.15) is 30.4 Å². The van der Waals surface area contributed by atoms with Crippen molar-refractivity contribution in [1.29, 1.82) is 0 Å². The van der Waals surface area contributed by atoms with Crippen molar-refractivity contribution in [3.8, 4) is 0 Å². The molecule has 4 nitrogen and oxygen atoms in total. The minimum Gasteiger partial charge on any atom is -0.356 e. The Morgan fingerprint density at radius 1 is 0.848 bits per heavy atom. The number of nitrogens with one attached hydrogen (secondary N) is 1. The lowest BCUT2D eigenvalue weighted by Crippen LogP contribution is -2.25. The molecule has 0 spiro atoms. The van der Waals surface area contributed by atoms with E-state index in [1.807, 2.05) is 36.4 Å². The maximum Gasteiger partial charge on any atom is 0.220 e. The Balaban J connectivity index is 1.24. The van der Waals surface area contributed by atoms with Gasteiger partial charge in [0.1, 0.15) is 0 Å². The molecule has 0 saturated carbocycles. The molecule has 0 saturated heterocycles. The Labute approximate surface area is 198 Å². The van der Waals surface area contributed by atoms with Crippen LogP contribution in [0.25, 0.3) is 10.9 Å². The van der Waals surface area contributed by atoms with E-state index in [1.54, 1.807) is 0 Å². The second-order valence-corrected chi connectivity index (χ2v) is 9.78. The van der Waals surface area contributed by atoms with E-state index >= 15 is 0 Å². The fourth-order valence-electron chi connectivity index (χ4n) is 4.07. The smallest absolute Gasteiger partial charge is 0.220 e. The van der Waals surface area contributed by atoms with Crippen molar-refractivity contribution in [2.45, 2.75) is 37.1 Å². The van der Waals surface area contributed by atoms with Crippen LogP contribution in [0.15, 0.2) is 96.0 Å². The first-order chi connectivity index (χ1) is 16.2. The van der Waals surface area contributed by atoms with E-state index in [9.17, 15) is 9.00 Å². The maximum absolute atomic E-state index is 12.3. The van der Waals surface area contributed by atoms with E-state index in [0.29, 0.717) is 18.7 Å². The van der Waals surface area contributed by atoms with Crippen molar-refractivity contribution < 1.29 is 9.00 Å². The number of para-hydroxylation sites is 1. The number of carbonyl (C=O) groups is 1. The van der Waals surface area contributed by atoms with E-state index < -0.39 is 10.8 Å². The molecule has 3 aromatic carbocycles. The second kappa shape index (κ2) is 11.6. The molecule has 1 heterocycles. The Bertz CT molecular complexity index is 1200. The first kappa shape index (κ1) is 23.0. The first-order valence-corrected chi connectivity index (χ1v) is 12.8. The molecule has 0 aliphatic rings. The lowest BCUT2D eigenvalue weighted by Gasteiger charge is -2.06. The standard InChI is InChI=1S/C28H30N2O2S/c31-28(17-9-10-20-33(32)25-13-5-2-6-14-25)29-19-18-24-22-30(21-23-11-3-1-4-12-23)27-16-8-7-15-26(24)27/h1-8,11-16,22H,9-10,17-21H2,(H,29,31). The SMILES string of the molecule is O=C(CCCCS(=O)c1ccccc1)NCCc1cn(Cc2ccccc2)c2ccccc12. The molecule has 4 rings (SSSR count). The third kappa shape index (κ3) is 6.42. The second-order valence-electron chi connectivity index (χ2n) is 8.20. The van der Waals surface area contributed by atoms with Gasteiger partial charge in [0, 0.05) is 47.3 Å². The van der Waals surface area contributed by atoms with Crippen LogP contribution >= 0.6 is 0 Å². The van der Waals surface area contributed by atoms with Crippen LogP contribution in [0, 0.1) is 0 Å². The third-order valence-electron chi connectivity index (χ3n) is 5.77. The quantitative estimate of drug-likeness (QED) is 0.309. The van der Waals surface area contributed by atoms with E-state index in [1.165, 1.54) is 22.0 Å². The zero-order valence-electron chi connectivity index (χ0n) is 18.8. The van der Waals surface area contributed by atoms with Crippen molar-refractivity contribution in [2.75, 3.05) is 12.3 Å². The lowest BCUT2D eigenvalue weighted by atomic mass is 10.1. The highest BCUT2D eigenvalue weighted by atomic mass is 32.2. The summed E-state index contributed by atoms with van der Waals surface area (Å²) in [4.78, 5) is 13.1. The summed E-state index contributed by atoms with van der Waals surface area (Å²) in [5.74, 6) is 0.659. The average Bonchev–Trinajstić information content (AvgIpc) is 3.20. The minimum atomic E-state index is -0.989. The molecule has 4 aromatic rings. The average molecular weight is 459 g/mol. The number of unbranched alkanes of at least 4 members (excludes halogenated alkanes) is 1. The van der Waals surface area contributed by atoms with Gasteiger partial charge in [0.05, 0.1) is 10.8 Å². The topological polar surface area (TPSA) is 51.1 Å². The van der Waals surface area contributed by atoms with Crippen molar-refractivity contribution in [2.24, 2.45) is 0 Å². The van der Waals surface area contributed by atoms with Crippen LogP contribution in [0.2, 0.25) is 0 Å². The monoisotopic (exact) mass is 458 g/mol. The van der Waals surface area contributed by atoms with Crippen LogP contribution in [0.5, 0.6) is 0 Å². The molecule has 170 valence electrons. The molecule has 0 aliphatic heterocycles. The zero-order valence-corrected chi connectivity index (χ0v) is 19.6. The van der Waals surface area contributed by atoms with Gasteiger partial charge >= 0.3 is 0 Å². The highest BCUT2D eigenvalue weighted by molar-refractivity contribution is 7.85. The largest absolute Gasteiger partial charge is 0.356 e. The Morgan fingerprint density at radius 2 is 1.55 bits per heavy atom. The summed E-state index contributed by atoms with van der Waals surface area (Å²) in [6, 6.07) is 28.4. The molecule has 33 heavy (non-hydrogen) atoms. The Morgan fingerprint density at radius 3 is 2.33 bits per heavy atom. The minimum absolute atomic E-state index is 0.0634. The highest BCUT2D eigenvalue weighted by Gasteiger charge is 2.10. The van der Waals surface area contributed by atoms with Gasteiger partial charge in [-0.3, -0.25) is 9.00 Å². The summed E-state index contributed by atoms with van der Waals surface area (Å²) in [6.07, 6.45) is 5.01. The van der Waals surface area contributed by atoms with Crippen LogP contribution in [-0.4, -0.2) is 27.0 Å². The molecular formula is C28H30N2O2S. The lowest BCUT2D eigenvalue weighted by molar-refractivity contribution is -0.121. The summed E-state index contributed by atoms with van der Waals surface area (Å²) in [5.41, 5.74) is 3.74. The van der Waals surface area contributed by atoms with Gasteiger partial charge < -0.3 is 9.88 Å². The van der Waals surface area contributed by atoms with Crippen molar-refractivity contribution in [3.63, 3.8) is 0 Å². The number of aromatic nitrogens is 1. The molecule has 0 fully saturated rings. The van der Waals surface area contributed by atoms with Crippen molar-refractivity contribution in [3.05, 3.63) is 102 Å². The van der Waals surface area contributed by atoms with Crippen LogP contribution in [-0.2, 0) is 28.6 Å².